The van der Waals surface area contributed by atoms with Crippen molar-refractivity contribution >= 4 is 25.5 Å². The highest BCUT2D eigenvalue weighted by Gasteiger charge is 2.41. The van der Waals surface area contributed by atoms with Crippen LogP contribution in [0, 0.1) is 17.8 Å². The van der Waals surface area contributed by atoms with Crippen LogP contribution in [-0.2, 0) is 37.5 Å². The lowest BCUT2D eigenvalue weighted by atomic mass is 9.87. The van der Waals surface area contributed by atoms with Gasteiger partial charge < -0.3 is 39.9 Å². The summed E-state index contributed by atoms with van der Waals surface area (Å²) in [5.74, 6) is -1.44. The molecule has 14 nitrogen and oxygen atoms in total. The Bertz CT molecular complexity index is 1210. The van der Waals surface area contributed by atoms with Gasteiger partial charge in [0.2, 0.25) is 0 Å². The zero-order chi connectivity index (χ0) is 45.3. The molecule has 0 heterocycles. The molecular formula is C46H85O14P. The van der Waals surface area contributed by atoms with Gasteiger partial charge in [0.1, 0.15) is 18.5 Å². The molecule has 0 spiro atoms. The van der Waals surface area contributed by atoms with E-state index in [2.05, 4.69) is 25.3 Å². The lowest BCUT2D eigenvalue weighted by Gasteiger charge is -2.20. The van der Waals surface area contributed by atoms with Crippen LogP contribution >= 0.6 is 7.82 Å². The fraction of sp³-hybridized carbons (Fsp3) is 0.891. The fourth-order valence-electron chi connectivity index (χ4n) is 7.59. The Balaban J connectivity index is 2.44. The number of aliphatic hydroxyl groups is 5. The Kier molecular flexibility index (Phi) is 33.4. The quantitative estimate of drug-likeness (QED) is 0.0148. The summed E-state index contributed by atoms with van der Waals surface area (Å²) in [6, 6.07) is 0. The molecule has 8 atom stereocenters. The highest BCUT2D eigenvalue weighted by molar-refractivity contribution is 7.47. The number of esters is 2. The molecule has 0 saturated heterocycles. The summed E-state index contributed by atoms with van der Waals surface area (Å²) < 4.78 is 32.7. The van der Waals surface area contributed by atoms with Crippen molar-refractivity contribution in [2.75, 3.05) is 26.4 Å². The van der Waals surface area contributed by atoms with Crippen molar-refractivity contribution in [1.29, 1.82) is 0 Å². The predicted octanol–water partition coefficient (Wildman–Crippen LogP) is 8.20. The molecule has 1 fully saturated rings. The van der Waals surface area contributed by atoms with Gasteiger partial charge in [-0.3, -0.25) is 23.4 Å². The molecule has 1 saturated carbocycles. The van der Waals surface area contributed by atoms with E-state index in [9.17, 15) is 44.3 Å². The summed E-state index contributed by atoms with van der Waals surface area (Å²) in [5, 5.41) is 49.7. The number of carbonyl (C=O) groups excluding carboxylic acids is 3. The highest BCUT2D eigenvalue weighted by atomic mass is 31.2. The van der Waals surface area contributed by atoms with E-state index in [0.717, 1.165) is 44.4 Å². The van der Waals surface area contributed by atoms with E-state index in [1.807, 2.05) is 0 Å². The zero-order valence-electron chi connectivity index (χ0n) is 37.9. The van der Waals surface area contributed by atoms with Crippen LogP contribution < -0.4 is 0 Å². The lowest BCUT2D eigenvalue weighted by molar-refractivity contribution is -0.161. The first-order valence-corrected chi connectivity index (χ1v) is 25.2. The van der Waals surface area contributed by atoms with Gasteiger partial charge >= 0.3 is 19.8 Å². The van der Waals surface area contributed by atoms with Gasteiger partial charge in [-0.2, -0.15) is 0 Å². The van der Waals surface area contributed by atoms with Crippen LogP contribution in [0.5, 0.6) is 0 Å². The summed E-state index contributed by atoms with van der Waals surface area (Å²) in [6.45, 7) is 4.19. The molecule has 61 heavy (non-hydrogen) atoms. The molecule has 1 aliphatic rings. The van der Waals surface area contributed by atoms with Crippen molar-refractivity contribution in [2.45, 2.75) is 218 Å². The third-order valence-electron chi connectivity index (χ3n) is 11.3. The van der Waals surface area contributed by atoms with Gasteiger partial charge in [-0.1, -0.05) is 142 Å². The van der Waals surface area contributed by atoms with Crippen molar-refractivity contribution in [3.05, 3.63) is 12.2 Å². The van der Waals surface area contributed by atoms with Crippen LogP contribution in [0.3, 0.4) is 0 Å². The maximum atomic E-state index is 12.8. The maximum Gasteiger partial charge on any atom is 0.472 e. The second-order valence-electron chi connectivity index (χ2n) is 17.6. The molecule has 0 aromatic rings. The van der Waals surface area contributed by atoms with Crippen molar-refractivity contribution in [2.24, 2.45) is 17.8 Å². The standard InChI is InChI=1S/C46H85O14P/c1-4-5-18-24-37(48)28-29-41-42(44(52)31-43(41)51)30-38(49)25-21-22-26-45(53)57-34-40(35-59-61(55,56)58-33-39(50)32-47)60-46(54)27-20-17-15-13-11-9-7-6-8-10-12-14-16-19-23-36(2)3/h28-29,36-37,39-44,47-48,50-52H,4-27,30-35H2,1-3H3,(H,55,56)/b29-28+/t37-,39-,40+,41+,42+,43+,44-/m0/s1. The zero-order valence-corrected chi connectivity index (χ0v) is 38.8. The average molecular weight is 893 g/mol. The summed E-state index contributed by atoms with van der Waals surface area (Å²) in [5.41, 5.74) is 0. The Morgan fingerprint density at radius 2 is 1.21 bits per heavy atom. The van der Waals surface area contributed by atoms with Crippen molar-refractivity contribution in [3.8, 4) is 0 Å². The number of phosphoric ester groups is 1. The summed E-state index contributed by atoms with van der Waals surface area (Å²) >= 11 is 0. The number of rotatable bonds is 40. The van der Waals surface area contributed by atoms with E-state index >= 15 is 0 Å². The molecule has 6 N–H and O–H groups in total. The number of Topliss-reactive ketones (excluding diaryl/α,β-unsaturated/α-hetero) is 1. The number of hydrogen-bond acceptors (Lipinski definition) is 13. The first kappa shape index (κ1) is 57.3. The monoisotopic (exact) mass is 893 g/mol. The van der Waals surface area contributed by atoms with E-state index in [1.165, 1.54) is 70.6 Å². The SMILES string of the molecule is CCCCC[C@H](O)/C=C/[C@@H]1[C@@H](CC(=O)CCCCC(=O)OC[C@H](COP(=O)(O)OC[C@@H](O)CO)OC(=O)CCCCCCCCCCCCCCCCC(C)C)[C@@H](O)C[C@H]1O. The lowest BCUT2D eigenvalue weighted by Crippen LogP contribution is -2.29. The van der Waals surface area contributed by atoms with Crippen molar-refractivity contribution < 1.29 is 67.9 Å². The molecule has 0 aliphatic heterocycles. The molecule has 0 aromatic carbocycles. The number of carbonyl (C=O) groups is 3. The minimum absolute atomic E-state index is 0.0415. The number of ketones is 1. The average Bonchev–Trinajstić information content (AvgIpc) is 3.48. The smallest absolute Gasteiger partial charge is 0.462 e. The minimum Gasteiger partial charge on any atom is -0.462 e. The van der Waals surface area contributed by atoms with Gasteiger partial charge in [0.15, 0.2) is 6.10 Å². The van der Waals surface area contributed by atoms with Gasteiger partial charge in [-0.15, -0.1) is 0 Å². The normalized spacial score (nSPS) is 20.5. The number of aliphatic hydroxyl groups excluding tert-OH is 5. The van der Waals surface area contributed by atoms with E-state index in [4.69, 9.17) is 19.1 Å². The van der Waals surface area contributed by atoms with Gasteiger partial charge in [0, 0.05) is 43.9 Å². The van der Waals surface area contributed by atoms with Gasteiger partial charge in [0.25, 0.3) is 0 Å². The van der Waals surface area contributed by atoms with Crippen molar-refractivity contribution in [1.82, 2.24) is 0 Å². The van der Waals surface area contributed by atoms with E-state index in [0.29, 0.717) is 25.7 Å². The topological polar surface area (TPSA) is 227 Å². The Morgan fingerprint density at radius 3 is 1.80 bits per heavy atom. The van der Waals surface area contributed by atoms with Crippen LogP contribution in [0.1, 0.15) is 188 Å². The third kappa shape index (κ3) is 30.9. The van der Waals surface area contributed by atoms with Gasteiger partial charge in [-0.25, -0.2) is 4.57 Å². The number of ether oxygens (including phenoxy) is 2. The van der Waals surface area contributed by atoms with Gasteiger partial charge in [-0.05, 0) is 31.6 Å². The Labute approximate surface area is 367 Å². The first-order chi connectivity index (χ1) is 29.2. The Hall–Kier alpha value is -1.74. The van der Waals surface area contributed by atoms with Crippen LogP contribution in [0.2, 0.25) is 0 Å². The predicted molar refractivity (Wildman–Crippen MR) is 235 cm³/mol. The van der Waals surface area contributed by atoms with Crippen LogP contribution in [0.15, 0.2) is 12.2 Å². The fourth-order valence-corrected chi connectivity index (χ4v) is 8.38. The molecule has 0 bridgehead atoms. The molecule has 0 aromatic heterocycles. The molecule has 1 unspecified atom stereocenters. The molecule has 1 aliphatic carbocycles. The van der Waals surface area contributed by atoms with E-state index in [1.54, 1.807) is 12.2 Å². The van der Waals surface area contributed by atoms with Crippen LogP contribution in [0.25, 0.3) is 0 Å². The number of hydrogen-bond donors (Lipinski definition) is 6. The summed E-state index contributed by atoms with van der Waals surface area (Å²) in [7, 11) is -4.71. The summed E-state index contributed by atoms with van der Waals surface area (Å²) in [4.78, 5) is 48.1. The maximum absolute atomic E-state index is 12.8. The van der Waals surface area contributed by atoms with E-state index in [-0.39, 0.29) is 37.9 Å². The minimum atomic E-state index is -4.71. The molecule has 0 radical (unpaired) electrons. The second kappa shape index (κ2) is 35.6. The molecular weight excluding hydrogens is 807 g/mol. The second-order valence-corrected chi connectivity index (χ2v) is 19.0. The van der Waals surface area contributed by atoms with Crippen molar-refractivity contribution in [3.63, 3.8) is 0 Å². The first-order valence-electron chi connectivity index (χ1n) is 23.7. The van der Waals surface area contributed by atoms with E-state index < -0.39 is 88.5 Å². The van der Waals surface area contributed by atoms with Crippen LogP contribution in [-0.4, -0.2) is 105 Å². The molecule has 358 valence electrons. The highest BCUT2D eigenvalue weighted by Crippen LogP contribution is 2.43. The number of phosphoric acid groups is 1. The number of unbranched alkanes of at least 4 members (excludes halogenated alkanes) is 16. The largest absolute Gasteiger partial charge is 0.472 e. The molecule has 1 rings (SSSR count). The third-order valence-corrected chi connectivity index (χ3v) is 12.3. The van der Waals surface area contributed by atoms with Gasteiger partial charge in [0.05, 0.1) is 38.1 Å². The Morgan fingerprint density at radius 1 is 0.689 bits per heavy atom. The molecule has 15 heteroatoms. The summed E-state index contributed by atoms with van der Waals surface area (Å²) in [6.07, 6.45) is 20.9. The molecule has 0 amide bonds. The van der Waals surface area contributed by atoms with Crippen LogP contribution in [0.4, 0.5) is 0 Å².